The molecule has 0 saturated carbocycles. The molecular formula is C14H21NO2. The lowest BCUT2D eigenvalue weighted by atomic mass is 9.73. The summed E-state index contributed by atoms with van der Waals surface area (Å²) in [6, 6.07) is 9.93. The lowest BCUT2D eigenvalue weighted by Crippen LogP contribution is -2.43. The summed E-state index contributed by atoms with van der Waals surface area (Å²) in [5.74, 6) is -0.750. The van der Waals surface area contributed by atoms with E-state index < -0.39 is 11.4 Å². The van der Waals surface area contributed by atoms with Gasteiger partial charge in [-0.25, -0.2) is 0 Å². The van der Waals surface area contributed by atoms with E-state index in [1.54, 1.807) is 0 Å². The Morgan fingerprint density at radius 3 is 2.35 bits per heavy atom. The van der Waals surface area contributed by atoms with Crippen LogP contribution in [0.25, 0.3) is 0 Å². The predicted octanol–water partition coefficient (Wildman–Crippen LogP) is 2.30. The smallest absolute Gasteiger partial charge is 0.311 e. The number of hydrogen-bond acceptors (Lipinski definition) is 2. The Hall–Kier alpha value is -1.35. The molecule has 0 aliphatic heterocycles. The minimum absolute atomic E-state index is 0.0358. The van der Waals surface area contributed by atoms with Crippen LogP contribution in [-0.2, 0) is 11.2 Å². The van der Waals surface area contributed by atoms with E-state index in [1.165, 1.54) is 0 Å². The Labute approximate surface area is 103 Å². The molecule has 3 N–H and O–H groups in total. The van der Waals surface area contributed by atoms with Gasteiger partial charge in [0, 0.05) is 6.54 Å². The first-order valence-electron chi connectivity index (χ1n) is 6.00. The summed E-state index contributed by atoms with van der Waals surface area (Å²) in [6.45, 7) is 4.03. The molecule has 0 aliphatic rings. The van der Waals surface area contributed by atoms with Gasteiger partial charge in [0.2, 0.25) is 0 Å². The van der Waals surface area contributed by atoms with Gasteiger partial charge in [-0.2, -0.15) is 0 Å². The first kappa shape index (κ1) is 13.7. The average Bonchev–Trinajstić information content (AvgIpc) is 2.31. The van der Waals surface area contributed by atoms with Crippen LogP contribution in [0.15, 0.2) is 30.3 Å². The molecule has 0 amide bonds. The Kier molecular flexibility index (Phi) is 4.70. The molecule has 17 heavy (non-hydrogen) atoms. The number of carbonyl (C=O) groups is 1. The van der Waals surface area contributed by atoms with Gasteiger partial charge in [-0.05, 0) is 24.3 Å². The van der Waals surface area contributed by atoms with Crippen LogP contribution < -0.4 is 5.73 Å². The molecule has 1 unspecified atom stereocenters. The number of nitrogens with two attached hydrogens (primary N) is 1. The molecule has 0 spiro atoms. The number of aliphatic carboxylic acids is 1. The number of carboxylic acids is 1. The average molecular weight is 235 g/mol. The fraction of sp³-hybridized carbons (Fsp3) is 0.500. The molecule has 0 radical (unpaired) electrons. The van der Waals surface area contributed by atoms with Gasteiger partial charge >= 0.3 is 5.97 Å². The maximum absolute atomic E-state index is 11.4. The first-order valence-corrected chi connectivity index (χ1v) is 6.00. The standard InChI is InChI=1S/C14H21NO2/c1-11(2)14(10-15,13(16)17)9-8-12-6-4-3-5-7-12/h3-7,11H,8-10,15H2,1-2H3,(H,16,17). The van der Waals surface area contributed by atoms with Gasteiger partial charge in [0.15, 0.2) is 0 Å². The van der Waals surface area contributed by atoms with Gasteiger partial charge in [-0.15, -0.1) is 0 Å². The Morgan fingerprint density at radius 1 is 1.35 bits per heavy atom. The number of carboxylic acid groups (broad SMARTS) is 1. The van der Waals surface area contributed by atoms with Gasteiger partial charge < -0.3 is 10.8 Å². The molecule has 0 aromatic heterocycles. The van der Waals surface area contributed by atoms with Crippen molar-refractivity contribution in [3.05, 3.63) is 35.9 Å². The topological polar surface area (TPSA) is 63.3 Å². The highest BCUT2D eigenvalue weighted by molar-refractivity contribution is 5.75. The Balaban J connectivity index is 2.78. The van der Waals surface area contributed by atoms with Crippen LogP contribution in [0.3, 0.4) is 0 Å². The molecule has 0 heterocycles. The molecule has 0 saturated heterocycles. The maximum Gasteiger partial charge on any atom is 0.311 e. The molecule has 0 fully saturated rings. The van der Waals surface area contributed by atoms with E-state index in [9.17, 15) is 9.90 Å². The van der Waals surface area contributed by atoms with Crippen molar-refractivity contribution >= 4 is 5.97 Å². The summed E-state index contributed by atoms with van der Waals surface area (Å²) in [6.07, 6.45) is 1.34. The maximum atomic E-state index is 11.4. The number of rotatable bonds is 6. The van der Waals surface area contributed by atoms with Crippen molar-refractivity contribution in [3.63, 3.8) is 0 Å². The van der Waals surface area contributed by atoms with Crippen LogP contribution in [0.5, 0.6) is 0 Å². The summed E-state index contributed by atoms with van der Waals surface area (Å²) in [7, 11) is 0. The SMILES string of the molecule is CC(C)C(CN)(CCc1ccccc1)C(=O)O. The van der Waals surface area contributed by atoms with E-state index in [0.29, 0.717) is 6.42 Å². The Morgan fingerprint density at radius 2 is 1.94 bits per heavy atom. The molecular weight excluding hydrogens is 214 g/mol. The molecule has 3 nitrogen and oxygen atoms in total. The van der Waals surface area contributed by atoms with Crippen molar-refractivity contribution in [3.8, 4) is 0 Å². The van der Waals surface area contributed by atoms with Crippen molar-refractivity contribution in [1.29, 1.82) is 0 Å². The second kappa shape index (κ2) is 5.82. The molecule has 1 atom stereocenters. The third kappa shape index (κ3) is 3.07. The number of hydrogen-bond donors (Lipinski definition) is 2. The van der Waals surface area contributed by atoms with Crippen LogP contribution in [-0.4, -0.2) is 17.6 Å². The van der Waals surface area contributed by atoms with Crippen molar-refractivity contribution in [2.24, 2.45) is 17.1 Å². The minimum atomic E-state index is -0.810. The lowest BCUT2D eigenvalue weighted by Gasteiger charge is -2.32. The van der Waals surface area contributed by atoms with Crippen LogP contribution in [0.4, 0.5) is 0 Å². The quantitative estimate of drug-likeness (QED) is 0.795. The van der Waals surface area contributed by atoms with Crippen molar-refractivity contribution in [1.82, 2.24) is 0 Å². The van der Waals surface area contributed by atoms with E-state index in [0.717, 1.165) is 12.0 Å². The zero-order valence-corrected chi connectivity index (χ0v) is 10.5. The highest BCUT2D eigenvalue weighted by atomic mass is 16.4. The molecule has 1 aromatic carbocycles. The molecule has 3 heteroatoms. The van der Waals surface area contributed by atoms with Crippen molar-refractivity contribution < 1.29 is 9.90 Å². The third-order valence-electron chi connectivity index (χ3n) is 3.60. The molecule has 1 aromatic rings. The van der Waals surface area contributed by atoms with Crippen molar-refractivity contribution in [2.45, 2.75) is 26.7 Å². The third-order valence-corrected chi connectivity index (χ3v) is 3.60. The molecule has 0 aliphatic carbocycles. The van der Waals surface area contributed by atoms with E-state index in [4.69, 9.17) is 5.73 Å². The van der Waals surface area contributed by atoms with E-state index >= 15 is 0 Å². The Bertz CT molecular complexity index is 362. The fourth-order valence-corrected chi connectivity index (χ4v) is 2.08. The van der Waals surface area contributed by atoms with Crippen LogP contribution >= 0.6 is 0 Å². The lowest BCUT2D eigenvalue weighted by molar-refractivity contribution is -0.151. The van der Waals surface area contributed by atoms with Crippen LogP contribution in [0.2, 0.25) is 0 Å². The largest absolute Gasteiger partial charge is 0.481 e. The summed E-state index contributed by atoms with van der Waals surface area (Å²) in [5, 5.41) is 9.39. The van der Waals surface area contributed by atoms with Gasteiger partial charge in [-0.3, -0.25) is 4.79 Å². The van der Waals surface area contributed by atoms with E-state index in [2.05, 4.69) is 0 Å². The highest BCUT2D eigenvalue weighted by Gasteiger charge is 2.39. The summed E-state index contributed by atoms with van der Waals surface area (Å²) in [5.41, 5.74) is 6.04. The number of aryl methyl sites for hydroxylation is 1. The zero-order valence-electron chi connectivity index (χ0n) is 10.5. The first-order chi connectivity index (χ1) is 8.03. The van der Waals surface area contributed by atoms with E-state index in [-0.39, 0.29) is 12.5 Å². The minimum Gasteiger partial charge on any atom is -0.481 e. The van der Waals surface area contributed by atoms with Gasteiger partial charge in [0.25, 0.3) is 0 Å². The monoisotopic (exact) mass is 235 g/mol. The summed E-state index contributed by atoms with van der Waals surface area (Å²) < 4.78 is 0. The fourth-order valence-electron chi connectivity index (χ4n) is 2.08. The normalized spacial score (nSPS) is 14.6. The van der Waals surface area contributed by atoms with Crippen molar-refractivity contribution in [2.75, 3.05) is 6.54 Å². The van der Waals surface area contributed by atoms with Crippen LogP contribution in [0, 0.1) is 11.3 Å². The van der Waals surface area contributed by atoms with Crippen LogP contribution in [0.1, 0.15) is 25.8 Å². The summed E-state index contributed by atoms with van der Waals surface area (Å²) in [4.78, 5) is 11.4. The molecule has 1 rings (SSSR count). The molecule has 94 valence electrons. The molecule has 0 bridgehead atoms. The summed E-state index contributed by atoms with van der Waals surface area (Å²) >= 11 is 0. The second-order valence-electron chi connectivity index (χ2n) is 4.81. The highest BCUT2D eigenvalue weighted by Crippen LogP contribution is 2.32. The zero-order chi connectivity index (χ0) is 12.9. The predicted molar refractivity (Wildman–Crippen MR) is 68.7 cm³/mol. The van der Waals surface area contributed by atoms with Gasteiger partial charge in [0.1, 0.15) is 0 Å². The van der Waals surface area contributed by atoms with Gasteiger partial charge in [-0.1, -0.05) is 44.2 Å². The van der Waals surface area contributed by atoms with Gasteiger partial charge in [0.05, 0.1) is 5.41 Å². The second-order valence-corrected chi connectivity index (χ2v) is 4.81. The van der Waals surface area contributed by atoms with E-state index in [1.807, 2.05) is 44.2 Å². The number of benzene rings is 1.